The van der Waals surface area contributed by atoms with E-state index in [1.807, 2.05) is 18.2 Å². The van der Waals surface area contributed by atoms with Gasteiger partial charge < -0.3 is 15.8 Å². The molecule has 0 radical (unpaired) electrons. The number of ether oxygens (including phenoxy) is 1. The smallest absolute Gasteiger partial charge is 0.135 e. The van der Waals surface area contributed by atoms with Crippen LogP contribution in [0, 0.1) is 0 Å². The van der Waals surface area contributed by atoms with Crippen LogP contribution in [0.2, 0.25) is 0 Å². The summed E-state index contributed by atoms with van der Waals surface area (Å²) in [5, 5.41) is 3.24. The Morgan fingerprint density at radius 1 is 1.28 bits per heavy atom. The van der Waals surface area contributed by atoms with E-state index in [2.05, 4.69) is 21.4 Å². The number of hydrogen-bond acceptors (Lipinski definition) is 5. The van der Waals surface area contributed by atoms with Crippen molar-refractivity contribution in [3.05, 3.63) is 42.2 Å². The van der Waals surface area contributed by atoms with Crippen LogP contribution in [0.4, 0.5) is 17.3 Å². The van der Waals surface area contributed by atoms with Crippen molar-refractivity contribution in [3.63, 3.8) is 0 Å². The van der Waals surface area contributed by atoms with Gasteiger partial charge in [-0.2, -0.15) is 0 Å². The minimum atomic E-state index is 0.446. The fourth-order valence-electron chi connectivity index (χ4n) is 1.65. The molecule has 0 bridgehead atoms. The SMILES string of the molecule is COCCc1ccccc1Nc1cc(N)ncn1. The Hall–Kier alpha value is -2.14. The molecule has 0 atom stereocenters. The topological polar surface area (TPSA) is 73.1 Å². The van der Waals surface area contributed by atoms with Crippen molar-refractivity contribution < 1.29 is 4.74 Å². The number of aromatic nitrogens is 2. The van der Waals surface area contributed by atoms with Gasteiger partial charge in [-0.3, -0.25) is 0 Å². The minimum absolute atomic E-state index is 0.446. The van der Waals surface area contributed by atoms with Crippen LogP contribution in [-0.4, -0.2) is 23.7 Å². The van der Waals surface area contributed by atoms with Crippen LogP contribution >= 0.6 is 0 Å². The number of anilines is 3. The highest BCUT2D eigenvalue weighted by molar-refractivity contribution is 5.61. The lowest BCUT2D eigenvalue weighted by atomic mass is 10.1. The number of methoxy groups -OCH3 is 1. The second-order valence-electron chi connectivity index (χ2n) is 3.85. The number of rotatable bonds is 5. The van der Waals surface area contributed by atoms with Crippen LogP contribution in [-0.2, 0) is 11.2 Å². The van der Waals surface area contributed by atoms with Gasteiger partial charge in [-0.05, 0) is 18.1 Å². The van der Waals surface area contributed by atoms with Crippen molar-refractivity contribution in [3.8, 4) is 0 Å². The summed E-state index contributed by atoms with van der Waals surface area (Å²) in [5.74, 6) is 1.13. The number of nitrogens with zero attached hydrogens (tertiary/aromatic N) is 2. The van der Waals surface area contributed by atoms with E-state index in [4.69, 9.17) is 10.5 Å². The summed E-state index contributed by atoms with van der Waals surface area (Å²) in [6.07, 6.45) is 2.29. The highest BCUT2D eigenvalue weighted by atomic mass is 16.5. The van der Waals surface area contributed by atoms with Crippen LogP contribution in [0.3, 0.4) is 0 Å². The zero-order valence-corrected chi connectivity index (χ0v) is 10.3. The molecule has 0 aliphatic carbocycles. The monoisotopic (exact) mass is 244 g/mol. The van der Waals surface area contributed by atoms with Gasteiger partial charge in [0, 0.05) is 18.9 Å². The molecule has 0 spiro atoms. The Kier molecular flexibility index (Phi) is 4.09. The molecule has 0 aliphatic rings. The van der Waals surface area contributed by atoms with Gasteiger partial charge in [-0.25, -0.2) is 9.97 Å². The number of hydrogen-bond donors (Lipinski definition) is 2. The second-order valence-corrected chi connectivity index (χ2v) is 3.85. The van der Waals surface area contributed by atoms with Crippen molar-refractivity contribution in [2.24, 2.45) is 0 Å². The Labute approximate surface area is 106 Å². The van der Waals surface area contributed by atoms with E-state index in [0.717, 1.165) is 12.1 Å². The van der Waals surface area contributed by atoms with E-state index in [0.29, 0.717) is 18.2 Å². The maximum atomic E-state index is 5.62. The predicted molar refractivity (Wildman–Crippen MR) is 71.7 cm³/mol. The van der Waals surface area contributed by atoms with Crippen molar-refractivity contribution in [1.29, 1.82) is 0 Å². The quantitative estimate of drug-likeness (QED) is 0.841. The molecule has 0 amide bonds. The Balaban J connectivity index is 2.17. The van der Waals surface area contributed by atoms with Gasteiger partial charge in [0.1, 0.15) is 18.0 Å². The van der Waals surface area contributed by atoms with Gasteiger partial charge in [0.15, 0.2) is 0 Å². The zero-order valence-electron chi connectivity index (χ0n) is 10.3. The highest BCUT2D eigenvalue weighted by Gasteiger charge is 2.03. The fraction of sp³-hybridized carbons (Fsp3) is 0.231. The first-order valence-electron chi connectivity index (χ1n) is 5.71. The molecule has 5 nitrogen and oxygen atoms in total. The largest absolute Gasteiger partial charge is 0.384 e. The van der Waals surface area contributed by atoms with E-state index < -0.39 is 0 Å². The Bertz CT molecular complexity index is 516. The first-order valence-corrected chi connectivity index (χ1v) is 5.71. The van der Waals surface area contributed by atoms with Crippen LogP contribution in [0.15, 0.2) is 36.7 Å². The average Bonchev–Trinajstić information content (AvgIpc) is 2.38. The second kappa shape index (κ2) is 5.97. The van der Waals surface area contributed by atoms with Crippen LogP contribution in [0.1, 0.15) is 5.56 Å². The molecule has 0 unspecified atom stereocenters. The van der Waals surface area contributed by atoms with Gasteiger partial charge in [-0.1, -0.05) is 18.2 Å². The molecule has 0 fully saturated rings. The first kappa shape index (κ1) is 12.3. The van der Waals surface area contributed by atoms with Crippen molar-refractivity contribution in [2.45, 2.75) is 6.42 Å². The van der Waals surface area contributed by atoms with Crippen molar-refractivity contribution in [2.75, 3.05) is 24.8 Å². The van der Waals surface area contributed by atoms with E-state index >= 15 is 0 Å². The lowest BCUT2D eigenvalue weighted by Gasteiger charge is -2.11. The molecular weight excluding hydrogens is 228 g/mol. The maximum absolute atomic E-state index is 5.62. The Morgan fingerprint density at radius 2 is 2.11 bits per heavy atom. The van der Waals surface area contributed by atoms with Crippen LogP contribution < -0.4 is 11.1 Å². The van der Waals surface area contributed by atoms with E-state index in [1.165, 1.54) is 11.9 Å². The number of nitrogen functional groups attached to an aromatic ring is 1. The number of nitrogens with two attached hydrogens (primary N) is 1. The number of nitrogens with one attached hydrogen (secondary N) is 1. The van der Waals surface area contributed by atoms with Gasteiger partial charge >= 0.3 is 0 Å². The van der Waals surface area contributed by atoms with Crippen molar-refractivity contribution in [1.82, 2.24) is 9.97 Å². The molecule has 1 aromatic heterocycles. The van der Waals surface area contributed by atoms with Gasteiger partial charge in [-0.15, -0.1) is 0 Å². The molecule has 94 valence electrons. The Morgan fingerprint density at radius 3 is 2.89 bits per heavy atom. The van der Waals surface area contributed by atoms with E-state index in [1.54, 1.807) is 13.2 Å². The van der Waals surface area contributed by atoms with Crippen LogP contribution in [0.5, 0.6) is 0 Å². The van der Waals surface area contributed by atoms with Gasteiger partial charge in [0.25, 0.3) is 0 Å². The van der Waals surface area contributed by atoms with Gasteiger partial charge in [0.05, 0.1) is 6.61 Å². The third-order valence-corrected chi connectivity index (χ3v) is 2.54. The molecule has 1 aromatic carbocycles. The highest BCUT2D eigenvalue weighted by Crippen LogP contribution is 2.20. The number of para-hydroxylation sites is 1. The summed E-state index contributed by atoms with van der Waals surface area (Å²) in [7, 11) is 1.70. The minimum Gasteiger partial charge on any atom is -0.384 e. The third kappa shape index (κ3) is 3.18. The predicted octanol–water partition coefficient (Wildman–Crippen LogP) is 1.99. The van der Waals surface area contributed by atoms with E-state index in [9.17, 15) is 0 Å². The molecule has 18 heavy (non-hydrogen) atoms. The fourth-order valence-corrected chi connectivity index (χ4v) is 1.65. The molecule has 1 heterocycles. The maximum Gasteiger partial charge on any atom is 0.135 e. The molecule has 0 saturated heterocycles. The summed E-state index contributed by atoms with van der Waals surface area (Å²) < 4.78 is 5.10. The van der Waals surface area contributed by atoms with E-state index in [-0.39, 0.29) is 0 Å². The molecule has 5 heteroatoms. The molecule has 3 N–H and O–H groups in total. The van der Waals surface area contributed by atoms with Gasteiger partial charge in [0.2, 0.25) is 0 Å². The van der Waals surface area contributed by atoms with Crippen molar-refractivity contribution >= 4 is 17.3 Å². The van der Waals surface area contributed by atoms with Crippen LogP contribution in [0.25, 0.3) is 0 Å². The summed E-state index contributed by atoms with van der Waals surface area (Å²) in [4.78, 5) is 7.98. The summed E-state index contributed by atoms with van der Waals surface area (Å²) in [6, 6.07) is 9.75. The molecule has 0 saturated carbocycles. The number of benzene rings is 1. The lowest BCUT2D eigenvalue weighted by molar-refractivity contribution is 0.202. The molecular formula is C13H16N4O. The third-order valence-electron chi connectivity index (χ3n) is 2.54. The standard InChI is InChI=1S/C13H16N4O/c1-18-7-6-10-4-2-3-5-11(10)17-13-8-12(14)15-9-16-13/h2-5,8-9H,6-7H2,1H3,(H3,14,15,16,17). The summed E-state index contributed by atoms with van der Waals surface area (Å²) in [5.41, 5.74) is 7.80. The molecule has 0 aliphatic heterocycles. The average molecular weight is 244 g/mol. The summed E-state index contributed by atoms with van der Waals surface area (Å²) >= 11 is 0. The molecule has 2 aromatic rings. The molecule has 2 rings (SSSR count). The lowest BCUT2D eigenvalue weighted by Crippen LogP contribution is -2.02. The summed E-state index contributed by atoms with van der Waals surface area (Å²) in [6.45, 7) is 0.685. The zero-order chi connectivity index (χ0) is 12.8. The normalized spacial score (nSPS) is 10.3. The first-order chi connectivity index (χ1) is 8.79.